The van der Waals surface area contributed by atoms with Crippen LogP contribution in [0.25, 0.3) is 0 Å². The highest BCUT2D eigenvalue weighted by atomic mass is 35.5. The Bertz CT molecular complexity index is 914. The Hall–Kier alpha value is -2.45. The number of ether oxygens (including phenoxy) is 2. The molecular weight excluding hydrogens is 444 g/mol. The Balaban J connectivity index is 1.46. The van der Waals surface area contributed by atoms with Gasteiger partial charge >= 0.3 is 6.18 Å². The molecule has 1 aliphatic heterocycles. The molecule has 30 heavy (non-hydrogen) atoms. The van der Waals surface area contributed by atoms with Gasteiger partial charge in [0, 0.05) is 30.7 Å². The van der Waals surface area contributed by atoms with E-state index in [9.17, 15) is 13.2 Å². The van der Waals surface area contributed by atoms with Crippen LogP contribution in [0.4, 0.5) is 13.2 Å². The van der Waals surface area contributed by atoms with Crippen LogP contribution in [-0.2, 0) is 11.0 Å². The van der Waals surface area contributed by atoms with Gasteiger partial charge in [-0.15, -0.1) is 0 Å². The van der Waals surface area contributed by atoms with Crippen molar-refractivity contribution in [1.29, 1.82) is 0 Å². The fourth-order valence-corrected chi connectivity index (χ4v) is 2.77. The molecule has 1 unspecified atom stereocenters. The lowest BCUT2D eigenvalue weighted by Gasteiger charge is -2.10. The van der Waals surface area contributed by atoms with Crippen LogP contribution in [-0.4, -0.2) is 30.0 Å². The third-order valence-corrected chi connectivity index (χ3v) is 4.45. The predicted molar refractivity (Wildman–Crippen MR) is 107 cm³/mol. The van der Waals surface area contributed by atoms with Crippen LogP contribution in [0.2, 0.25) is 0 Å². The zero-order valence-electron chi connectivity index (χ0n) is 15.5. The third-order valence-electron chi connectivity index (χ3n) is 4.14. The molecule has 10 heteroatoms. The van der Waals surface area contributed by atoms with Crippen LogP contribution in [0.15, 0.2) is 58.3 Å². The molecule has 0 amide bonds. The van der Waals surface area contributed by atoms with Gasteiger partial charge in [0.2, 0.25) is 5.88 Å². The quantitative estimate of drug-likeness (QED) is 0.502. The molecule has 0 N–H and O–H groups in total. The number of oxime groups is 1. The second-order valence-electron chi connectivity index (χ2n) is 6.32. The summed E-state index contributed by atoms with van der Waals surface area (Å²) < 4.78 is 48.7. The minimum atomic E-state index is -4.42. The zero-order chi connectivity index (χ0) is 21.6. The second kappa shape index (κ2) is 10.0. The summed E-state index contributed by atoms with van der Waals surface area (Å²) in [6.07, 6.45) is -1.27. The fourth-order valence-electron chi connectivity index (χ4n) is 2.65. The molecule has 1 atom stereocenters. The van der Waals surface area contributed by atoms with E-state index in [1.54, 1.807) is 6.07 Å². The van der Waals surface area contributed by atoms with E-state index >= 15 is 0 Å². The van der Waals surface area contributed by atoms with Crippen LogP contribution in [0.3, 0.4) is 0 Å². The van der Waals surface area contributed by atoms with Crippen LogP contribution in [0, 0.1) is 0 Å². The molecule has 0 radical (unpaired) electrons. The van der Waals surface area contributed by atoms with Gasteiger partial charge < -0.3 is 14.3 Å². The monoisotopic (exact) mass is 460 g/mol. The smallest absolute Gasteiger partial charge is 0.417 e. The zero-order valence-corrected chi connectivity index (χ0v) is 17.0. The third kappa shape index (κ3) is 6.53. The Kier molecular flexibility index (Phi) is 7.44. The van der Waals surface area contributed by atoms with Crippen molar-refractivity contribution in [2.24, 2.45) is 5.16 Å². The molecule has 160 valence electrons. The Morgan fingerprint density at radius 1 is 1.20 bits per heavy atom. The standard InChI is InChI=1S/C20H17Cl2F3N2O3/c21-18(22)7-9-28-15-3-1-2-13(10-15)17-11-16(30-27-17)6-8-29-19-5-4-14(12-26-19)20(23,24)25/h1-5,7,10,12,16H,6,8-9,11H2. The van der Waals surface area contributed by atoms with E-state index in [-0.39, 0.29) is 29.7 Å². The molecule has 2 heterocycles. The number of alkyl halides is 3. The van der Waals surface area contributed by atoms with Crippen molar-refractivity contribution in [1.82, 2.24) is 4.98 Å². The molecule has 0 fully saturated rings. The maximum atomic E-state index is 12.5. The second-order valence-corrected chi connectivity index (χ2v) is 7.33. The fraction of sp³-hybridized carbons (Fsp3) is 0.300. The molecule has 0 bridgehead atoms. The average Bonchev–Trinajstić information content (AvgIpc) is 3.17. The summed E-state index contributed by atoms with van der Waals surface area (Å²) in [6.45, 7) is 0.479. The lowest BCUT2D eigenvalue weighted by atomic mass is 10.0. The highest BCUT2D eigenvalue weighted by Crippen LogP contribution is 2.29. The van der Waals surface area contributed by atoms with Gasteiger partial charge in [-0.1, -0.05) is 40.5 Å². The first-order valence-corrected chi connectivity index (χ1v) is 9.70. The lowest BCUT2D eigenvalue weighted by Crippen LogP contribution is -2.13. The molecule has 2 aromatic rings. The van der Waals surface area contributed by atoms with Gasteiger partial charge in [0.25, 0.3) is 0 Å². The average molecular weight is 461 g/mol. The van der Waals surface area contributed by atoms with Gasteiger partial charge in [0.15, 0.2) is 0 Å². The first kappa shape index (κ1) is 22.2. The summed E-state index contributed by atoms with van der Waals surface area (Å²) in [5, 5.41) is 4.11. The van der Waals surface area contributed by atoms with Crippen LogP contribution < -0.4 is 9.47 Å². The Morgan fingerprint density at radius 3 is 2.73 bits per heavy atom. The minimum Gasteiger partial charge on any atom is -0.489 e. The highest BCUT2D eigenvalue weighted by molar-refractivity contribution is 6.55. The number of aromatic nitrogens is 1. The van der Waals surface area contributed by atoms with Gasteiger partial charge in [-0.25, -0.2) is 4.98 Å². The highest BCUT2D eigenvalue weighted by Gasteiger charge is 2.30. The van der Waals surface area contributed by atoms with Gasteiger partial charge in [-0.05, 0) is 24.3 Å². The minimum absolute atomic E-state index is 0.123. The van der Waals surface area contributed by atoms with Crippen molar-refractivity contribution < 1.29 is 27.5 Å². The molecule has 1 aromatic heterocycles. The Morgan fingerprint density at radius 2 is 2.03 bits per heavy atom. The number of hydrogen-bond acceptors (Lipinski definition) is 5. The van der Waals surface area contributed by atoms with Gasteiger partial charge in [-0.2, -0.15) is 13.2 Å². The molecule has 1 aliphatic rings. The molecule has 0 saturated carbocycles. The molecule has 0 spiro atoms. The van der Waals surface area contributed by atoms with Gasteiger partial charge in [-0.3, -0.25) is 0 Å². The van der Waals surface area contributed by atoms with Gasteiger partial charge in [0.05, 0.1) is 17.9 Å². The van der Waals surface area contributed by atoms with E-state index in [2.05, 4.69) is 10.1 Å². The van der Waals surface area contributed by atoms with Crippen molar-refractivity contribution in [3.8, 4) is 11.6 Å². The number of pyridine rings is 1. The van der Waals surface area contributed by atoms with Crippen molar-refractivity contribution in [3.05, 3.63) is 64.3 Å². The van der Waals surface area contributed by atoms with Crippen LogP contribution in [0.1, 0.15) is 24.0 Å². The largest absolute Gasteiger partial charge is 0.489 e. The molecule has 3 rings (SSSR count). The van der Waals surface area contributed by atoms with E-state index in [0.717, 1.165) is 23.5 Å². The molecule has 0 aliphatic carbocycles. The van der Waals surface area contributed by atoms with Crippen molar-refractivity contribution in [2.45, 2.75) is 25.1 Å². The number of nitrogens with zero attached hydrogens (tertiary/aromatic N) is 2. The summed E-state index contributed by atoms with van der Waals surface area (Å²) in [5.74, 6) is 0.763. The maximum Gasteiger partial charge on any atom is 0.417 e. The first-order valence-electron chi connectivity index (χ1n) is 8.94. The molecular formula is C20H17Cl2F3N2O3. The van der Waals surface area contributed by atoms with Crippen LogP contribution >= 0.6 is 23.2 Å². The van der Waals surface area contributed by atoms with E-state index in [4.69, 9.17) is 37.5 Å². The van der Waals surface area contributed by atoms with E-state index in [1.807, 2.05) is 18.2 Å². The van der Waals surface area contributed by atoms with E-state index < -0.39 is 11.7 Å². The number of rotatable bonds is 8. The van der Waals surface area contributed by atoms with E-state index in [0.29, 0.717) is 18.6 Å². The summed E-state index contributed by atoms with van der Waals surface area (Å²) in [7, 11) is 0. The summed E-state index contributed by atoms with van der Waals surface area (Å²) in [5.41, 5.74) is 0.810. The molecule has 1 aromatic carbocycles. The van der Waals surface area contributed by atoms with Crippen LogP contribution in [0.5, 0.6) is 11.6 Å². The summed E-state index contributed by atoms with van der Waals surface area (Å²) in [4.78, 5) is 9.10. The predicted octanol–water partition coefficient (Wildman–Crippen LogP) is 5.76. The SMILES string of the molecule is FC(F)(F)c1ccc(OCCC2CC(c3cccc(OCC=C(Cl)Cl)c3)=NO2)nc1. The number of halogens is 5. The Labute approximate surface area is 181 Å². The van der Waals surface area contributed by atoms with Crippen molar-refractivity contribution in [3.63, 3.8) is 0 Å². The topological polar surface area (TPSA) is 52.9 Å². The number of benzene rings is 1. The van der Waals surface area contributed by atoms with Crippen molar-refractivity contribution >= 4 is 28.9 Å². The normalized spacial score (nSPS) is 15.9. The summed E-state index contributed by atoms with van der Waals surface area (Å²) >= 11 is 11.1. The molecule has 5 nitrogen and oxygen atoms in total. The van der Waals surface area contributed by atoms with Crippen molar-refractivity contribution in [2.75, 3.05) is 13.2 Å². The lowest BCUT2D eigenvalue weighted by molar-refractivity contribution is -0.137. The van der Waals surface area contributed by atoms with Gasteiger partial charge in [0.1, 0.15) is 23.0 Å². The molecule has 0 saturated heterocycles. The number of hydrogen-bond donors (Lipinski definition) is 0. The first-order chi connectivity index (χ1) is 14.3. The van der Waals surface area contributed by atoms with E-state index in [1.165, 1.54) is 12.1 Å². The maximum absolute atomic E-state index is 12.5. The summed E-state index contributed by atoms with van der Waals surface area (Å²) in [6, 6.07) is 9.50.